The van der Waals surface area contributed by atoms with Gasteiger partial charge in [-0.2, -0.15) is 0 Å². The van der Waals surface area contributed by atoms with Crippen molar-refractivity contribution in [3.8, 4) is 5.75 Å². The highest BCUT2D eigenvalue weighted by Gasteiger charge is 2.00. The fraction of sp³-hybridized carbons (Fsp3) is 0.0526. The van der Waals surface area contributed by atoms with Gasteiger partial charge in [0.15, 0.2) is 0 Å². The van der Waals surface area contributed by atoms with Gasteiger partial charge in [0.05, 0.1) is 11.4 Å². The molecule has 0 aliphatic carbocycles. The number of para-hydroxylation sites is 2. The first-order valence-electron chi connectivity index (χ1n) is 7.19. The number of nitrogen functional groups attached to an aromatic ring is 1. The Balaban J connectivity index is 1.62. The average molecular weight is 290 g/mol. The maximum Gasteiger partial charge on any atom is 0.119 e. The van der Waals surface area contributed by atoms with Crippen molar-refractivity contribution in [2.75, 3.05) is 11.1 Å². The minimum absolute atomic E-state index is 0.569. The summed E-state index contributed by atoms with van der Waals surface area (Å²) in [6.07, 6.45) is 0. The first kappa shape index (κ1) is 14.0. The van der Waals surface area contributed by atoms with E-state index >= 15 is 0 Å². The lowest BCUT2D eigenvalue weighted by atomic mass is 10.2. The molecule has 0 bridgehead atoms. The Morgan fingerprint density at radius 2 is 1.45 bits per heavy atom. The molecule has 0 saturated carbocycles. The van der Waals surface area contributed by atoms with Crippen molar-refractivity contribution < 1.29 is 4.74 Å². The number of ether oxygens (including phenoxy) is 1. The van der Waals surface area contributed by atoms with E-state index in [4.69, 9.17) is 10.5 Å². The minimum atomic E-state index is 0.569. The van der Waals surface area contributed by atoms with Crippen LogP contribution >= 0.6 is 0 Å². The van der Waals surface area contributed by atoms with Gasteiger partial charge in [0.25, 0.3) is 0 Å². The molecule has 0 aromatic heterocycles. The Labute approximate surface area is 130 Å². The van der Waals surface area contributed by atoms with Crippen molar-refractivity contribution in [2.45, 2.75) is 6.61 Å². The third-order valence-corrected chi connectivity index (χ3v) is 3.34. The molecule has 3 heteroatoms. The van der Waals surface area contributed by atoms with Crippen molar-refractivity contribution in [1.29, 1.82) is 0 Å². The van der Waals surface area contributed by atoms with Crippen molar-refractivity contribution in [3.63, 3.8) is 0 Å². The van der Waals surface area contributed by atoms with Crippen molar-refractivity contribution in [1.82, 2.24) is 0 Å². The van der Waals surface area contributed by atoms with E-state index in [-0.39, 0.29) is 0 Å². The van der Waals surface area contributed by atoms with Crippen LogP contribution in [0, 0.1) is 0 Å². The van der Waals surface area contributed by atoms with Gasteiger partial charge >= 0.3 is 0 Å². The highest BCUT2D eigenvalue weighted by Crippen LogP contribution is 2.24. The van der Waals surface area contributed by atoms with E-state index in [1.54, 1.807) is 0 Å². The fourth-order valence-electron chi connectivity index (χ4n) is 2.14. The molecule has 0 heterocycles. The van der Waals surface area contributed by atoms with E-state index in [9.17, 15) is 0 Å². The first-order chi connectivity index (χ1) is 10.8. The largest absolute Gasteiger partial charge is 0.489 e. The predicted molar refractivity (Wildman–Crippen MR) is 91.4 cm³/mol. The third kappa shape index (κ3) is 3.58. The van der Waals surface area contributed by atoms with Crippen molar-refractivity contribution in [2.24, 2.45) is 0 Å². The van der Waals surface area contributed by atoms with Crippen molar-refractivity contribution in [3.05, 3.63) is 84.4 Å². The van der Waals surface area contributed by atoms with E-state index in [0.29, 0.717) is 6.61 Å². The molecule has 0 radical (unpaired) electrons. The lowest BCUT2D eigenvalue weighted by Gasteiger charge is -2.10. The maximum atomic E-state index is 5.92. The molecule has 0 fully saturated rings. The molecule has 0 amide bonds. The van der Waals surface area contributed by atoms with E-state index in [1.165, 1.54) is 0 Å². The van der Waals surface area contributed by atoms with Crippen LogP contribution in [0.25, 0.3) is 0 Å². The van der Waals surface area contributed by atoms with Crippen LogP contribution in [0.1, 0.15) is 5.56 Å². The van der Waals surface area contributed by atoms with E-state index < -0.39 is 0 Å². The van der Waals surface area contributed by atoms with Gasteiger partial charge in [0.2, 0.25) is 0 Å². The number of rotatable bonds is 5. The summed E-state index contributed by atoms with van der Waals surface area (Å²) in [5, 5.41) is 3.29. The molecule has 22 heavy (non-hydrogen) atoms. The molecule has 0 atom stereocenters. The molecule has 3 nitrogen and oxygen atoms in total. The maximum absolute atomic E-state index is 5.92. The number of anilines is 3. The van der Waals surface area contributed by atoms with Crippen LogP contribution in [0.2, 0.25) is 0 Å². The van der Waals surface area contributed by atoms with Gasteiger partial charge in [-0.05, 0) is 42.0 Å². The second kappa shape index (κ2) is 6.68. The van der Waals surface area contributed by atoms with Gasteiger partial charge in [0.1, 0.15) is 12.4 Å². The molecule has 0 saturated heterocycles. The Hall–Kier alpha value is -2.94. The molecule has 0 spiro atoms. The zero-order chi connectivity index (χ0) is 15.2. The quantitative estimate of drug-likeness (QED) is 0.675. The molecule has 0 aliphatic heterocycles. The summed E-state index contributed by atoms with van der Waals surface area (Å²) in [6, 6.07) is 25.7. The number of nitrogens with two attached hydrogens (primary N) is 1. The van der Waals surface area contributed by atoms with Crippen LogP contribution in [0.3, 0.4) is 0 Å². The molecule has 3 rings (SSSR count). The van der Waals surface area contributed by atoms with Gasteiger partial charge in [-0.3, -0.25) is 0 Å². The van der Waals surface area contributed by atoms with Crippen molar-refractivity contribution >= 4 is 17.1 Å². The van der Waals surface area contributed by atoms with Gasteiger partial charge in [0, 0.05) is 5.69 Å². The molecular formula is C19H18N2O. The second-order valence-electron chi connectivity index (χ2n) is 5.01. The zero-order valence-corrected chi connectivity index (χ0v) is 12.2. The van der Waals surface area contributed by atoms with E-state index in [0.717, 1.165) is 28.4 Å². The van der Waals surface area contributed by atoms with Gasteiger partial charge in [-0.25, -0.2) is 0 Å². The summed E-state index contributed by atoms with van der Waals surface area (Å²) in [7, 11) is 0. The van der Waals surface area contributed by atoms with Gasteiger partial charge < -0.3 is 15.8 Å². The Morgan fingerprint density at radius 3 is 2.18 bits per heavy atom. The Kier molecular flexibility index (Phi) is 4.25. The molecule has 3 aromatic carbocycles. The highest BCUT2D eigenvalue weighted by atomic mass is 16.5. The SMILES string of the molecule is Nc1ccccc1Nc1ccc(OCc2ccccc2)cc1. The van der Waals surface area contributed by atoms with Crippen LogP contribution in [0.4, 0.5) is 17.1 Å². The number of hydrogen-bond donors (Lipinski definition) is 2. The average Bonchev–Trinajstić information content (AvgIpc) is 2.57. The smallest absolute Gasteiger partial charge is 0.119 e. The first-order valence-corrected chi connectivity index (χ1v) is 7.19. The standard InChI is InChI=1S/C19H18N2O/c20-18-8-4-5-9-19(18)21-16-10-12-17(13-11-16)22-14-15-6-2-1-3-7-15/h1-13,21H,14,20H2. The number of nitrogens with one attached hydrogen (secondary N) is 1. The molecular weight excluding hydrogens is 272 g/mol. The summed E-state index contributed by atoms with van der Waals surface area (Å²) in [5.41, 5.74) is 9.69. The summed E-state index contributed by atoms with van der Waals surface area (Å²) >= 11 is 0. The fourth-order valence-corrected chi connectivity index (χ4v) is 2.14. The van der Waals surface area contributed by atoms with Crippen LogP contribution in [-0.4, -0.2) is 0 Å². The lowest BCUT2D eigenvalue weighted by molar-refractivity contribution is 0.306. The van der Waals surface area contributed by atoms with E-state index in [2.05, 4.69) is 5.32 Å². The monoisotopic (exact) mass is 290 g/mol. The predicted octanol–water partition coefficient (Wildman–Crippen LogP) is 4.59. The highest BCUT2D eigenvalue weighted by molar-refractivity contribution is 5.72. The van der Waals surface area contributed by atoms with Crippen LogP contribution in [0.5, 0.6) is 5.75 Å². The van der Waals surface area contributed by atoms with Gasteiger partial charge in [-0.15, -0.1) is 0 Å². The summed E-state index contributed by atoms with van der Waals surface area (Å²) in [6.45, 7) is 0.569. The van der Waals surface area contributed by atoms with Crippen LogP contribution < -0.4 is 15.8 Å². The lowest BCUT2D eigenvalue weighted by Crippen LogP contribution is -1.97. The Morgan fingerprint density at radius 1 is 0.773 bits per heavy atom. The van der Waals surface area contributed by atoms with Gasteiger partial charge in [-0.1, -0.05) is 42.5 Å². The van der Waals surface area contributed by atoms with E-state index in [1.807, 2.05) is 78.9 Å². The number of hydrogen-bond acceptors (Lipinski definition) is 3. The normalized spacial score (nSPS) is 10.2. The number of benzene rings is 3. The summed E-state index contributed by atoms with van der Waals surface area (Å²) in [5.74, 6) is 0.843. The zero-order valence-electron chi connectivity index (χ0n) is 12.2. The molecule has 110 valence electrons. The summed E-state index contributed by atoms with van der Waals surface area (Å²) < 4.78 is 5.77. The second-order valence-corrected chi connectivity index (χ2v) is 5.01. The topological polar surface area (TPSA) is 47.3 Å². The third-order valence-electron chi connectivity index (χ3n) is 3.34. The van der Waals surface area contributed by atoms with Crippen LogP contribution in [-0.2, 0) is 6.61 Å². The Bertz CT molecular complexity index is 724. The summed E-state index contributed by atoms with van der Waals surface area (Å²) in [4.78, 5) is 0. The minimum Gasteiger partial charge on any atom is -0.489 e. The molecule has 3 aromatic rings. The molecule has 0 aliphatic rings. The van der Waals surface area contributed by atoms with Crippen LogP contribution in [0.15, 0.2) is 78.9 Å². The molecule has 3 N–H and O–H groups in total. The molecule has 0 unspecified atom stereocenters.